The van der Waals surface area contributed by atoms with E-state index in [1.165, 1.54) is 24.3 Å². The summed E-state index contributed by atoms with van der Waals surface area (Å²) in [5.41, 5.74) is 1.53. The van der Waals surface area contributed by atoms with E-state index >= 15 is 0 Å². The lowest BCUT2D eigenvalue weighted by atomic mass is 10.1. The molecule has 4 heteroatoms. The molecular formula is C17H16ClFO2. The Morgan fingerprint density at radius 1 is 1.19 bits per heavy atom. The quantitative estimate of drug-likeness (QED) is 0.564. The molecule has 0 fully saturated rings. The molecule has 0 N–H and O–H groups in total. The predicted octanol–water partition coefficient (Wildman–Crippen LogP) is 4.83. The van der Waals surface area contributed by atoms with Gasteiger partial charge in [-0.25, -0.2) is 4.39 Å². The third-order valence-corrected chi connectivity index (χ3v) is 3.36. The van der Waals surface area contributed by atoms with Gasteiger partial charge in [0, 0.05) is 17.0 Å². The number of ether oxygens (including phenoxy) is 1. The molecule has 0 aromatic heterocycles. The first-order valence-corrected chi connectivity index (χ1v) is 7.12. The summed E-state index contributed by atoms with van der Waals surface area (Å²) in [6.45, 7) is 2.38. The van der Waals surface area contributed by atoms with Crippen molar-refractivity contribution in [1.82, 2.24) is 0 Å². The third-order valence-electron chi connectivity index (χ3n) is 3.12. The predicted molar refractivity (Wildman–Crippen MR) is 81.6 cm³/mol. The Kier molecular flexibility index (Phi) is 5.34. The highest BCUT2D eigenvalue weighted by atomic mass is 35.5. The molecule has 0 atom stereocenters. The Morgan fingerprint density at radius 3 is 2.62 bits per heavy atom. The Hall–Kier alpha value is -1.87. The van der Waals surface area contributed by atoms with Crippen molar-refractivity contribution in [2.75, 3.05) is 6.61 Å². The zero-order valence-electron chi connectivity index (χ0n) is 11.7. The van der Waals surface area contributed by atoms with E-state index in [1.54, 1.807) is 6.07 Å². The second-order valence-electron chi connectivity index (χ2n) is 4.79. The summed E-state index contributed by atoms with van der Waals surface area (Å²) in [5, 5.41) is 0.623. The minimum atomic E-state index is -0.341. The van der Waals surface area contributed by atoms with Gasteiger partial charge < -0.3 is 4.74 Å². The molecule has 0 spiro atoms. The lowest BCUT2D eigenvalue weighted by molar-refractivity contribution is 0.0973. The largest absolute Gasteiger partial charge is 0.493 e. The summed E-state index contributed by atoms with van der Waals surface area (Å²) in [7, 11) is 0. The summed E-state index contributed by atoms with van der Waals surface area (Å²) in [6.07, 6.45) is 0.966. The van der Waals surface area contributed by atoms with E-state index < -0.39 is 0 Å². The Morgan fingerprint density at radius 2 is 1.90 bits per heavy atom. The molecule has 0 saturated heterocycles. The van der Waals surface area contributed by atoms with Gasteiger partial charge in [0.05, 0.1) is 6.61 Å². The molecule has 2 nitrogen and oxygen atoms in total. The first kappa shape index (κ1) is 15.5. The van der Waals surface area contributed by atoms with Crippen LogP contribution >= 0.6 is 11.6 Å². The van der Waals surface area contributed by atoms with Crippen LogP contribution in [0.15, 0.2) is 42.5 Å². The molecular weight excluding hydrogens is 291 g/mol. The van der Waals surface area contributed by atoms with Crippen molar-refractivity contribution in [3.8, 4) is 5.75 Å². The molecule has 0 aliphatic heterocycles. The molecule has 2 rings (SSSR count). The Labute approximate surface area is 128 Å². The number of hydrogen-bond acceptors (Lipinski definition) is 2. The molecule has 0 aliphatic rings. The highest BCUT2D eigenvalue weighted by Gasteiger charge is 2.06. The smallest absolute Gasteiger partial charge is 0.163 e. The van der Waals surface area contributed by atoms with Crippen molar-refractivity contribution < 1.29 is 13.9 Å². The molecule has 0 aliphatic carbocycles. The maximum absolute atomic E-state index is 12.8. The molecule has 2 aromatic rings. The number of carbonyl (C=O) groups is 1. The molecule has 0 amide bonds. The van der Waals surface area contributed by atoms with Crippen LogP contribution in [-0.4, -0.2) is 12.4 Å². The summed E-state index contributed by atoms with van der Waals surface area (Å²) < 4.78 is 18.4. The maximum atomic E-state index is 12.8. The van der Waals surface area contributed by atoms with Gasteiger partial charge in [-0.1, -0.05) is 17.7 Å². The molecule has 0 bridgehead atoms. The van der Waals surface area contributed by atoms with Crippen molar-refractivity contribution >= 4 is 17.4 Å². The first-order chi connectivity index (χ1) is 10.1. The lowest BCUT2D eigenvalue weighted by Crippen LogP contribution is -2.04. The number of halogens is 2. The fraction of sp³-hybridized carbons (Fsp3) is 0.235. The first-order valence-electron chi connectivity index (χ1n) is 6.74. The number of carbonyl (C=O) groups excluding carboxylic acids is 1. The van der Waals surface area contributed by atoms with Gasteiger partial charge in [0.25, 0.3) is 0 Å². The van der Waals surface area contributed by atoms with Crippen molar-refractivity contribution in [3.63, 3.8) is 0 Å². The second kappa shape index (κ2) is 7.23. The average Bonchev–Trinajstić information content (AvgIpc) is 2.47. The zero-order valence-corrected chi connectivity index (χ0v) is 12.5. The molecule has 2 aromatic carbocycles. The van der Waals surface area contributed by atoms with Gasteiger partial charge >= 0.3 is 0 Å². The van der Waals surface area contributed by atoms with Crippen LogP contribution in [0.5, 0.6) is 5.75 Å². The van der Waals surface area contributed by atoms with Gasteiger partial charge in [-0.2, -0.15) is 0 Å². The highest BCUT2D eigenvalue weighted by Crippen LogP contribution is 2.22. The van der Waals surface area contributed by atoms with Crippen LogP contribution in [0, 0.1) is 12.7 Å². The Balaban J connectivity index is 1.80. The molecule has 21 heavy (non-hydrogen) atoms. The fourth-order valence-corrected chi connectivity index (χ4v) is 2.09. The lowest BCUT2D eigenvalue weighted by Gasteiger charge is -2.09. The second-order valence-corrected chi connectivity index (χ2v) is 5.23. The Bertz CT molecular complexity index is 623. The molecule has 110 valence electrons. The van der Waals surface area contributed by atoms with E-state index in [2.05, 4.69) is 0 Å². The number of benzene rings is 2. The summed E-state index contributed by atoms with van der Waals surface area (Å²) in [4.78, 5) is 11.9. The van der Waals surface area contributed by atoms with E-state index in [1.807, 2.05) is 19.1 Å². The monoisotopic (exact) mass is 306 g/mol. The van der Waals surface area contributed by atoms with Gasteiger partial charge in [-0.3, -0.25) is 4.79 Å². The minimum absolute atomic E-state index is 0.0126. The van der Waals surface area contributed by atoms with Crippen molar-refractivity contribution in [3.05, 3.63) is 64.4 Å². The molecule has 0 saturated carbocycles. The van der Waals surface area contributed by atoms with E-state index in [0.29, 0.717) is 30.0 Å². The van der Waals surface area contributed by atoms with Crippen LogP contribution in [0.3, 0.4) is 0 Å². The van der Waals surface area contributed by atoms with Crippen molar-refractivity contribution in [2.24, 2.45) is 0 Å². The van der Waals surface area contributed by atoms with Crippen LogP contribution in [0.4, 0.5) is 4.39 Å². The number of hydrogen-bond donors (Lipinski definition) is 0. The van der Waals surface area contributed by atoms with E-state index in [9.17, 15) is 9.18 Å². The van der Waals surface area contributed by atoms with E-state index in [-0.39, 0.29) is 11.6 Å². The molecule has 0 heterocycles. The number of Topliss-reactive ketones (excluding diaryl/α,β-unsaturated/α-hetero) is 1. The minimum Gasteiger partial charge on any atom is -0.493 e. The maximum Gasteiger partial charge on any atom is 0.163 e. The fourth-order valence-electron chi connectivity index (χ4n) is 1.92. The highest BCUT2D eigenvalue weighted by molar-refractivity contribution is 6.30. The summed E-state index contributed by atoms with van der Waals surface area (Å²) in [5.74, 6) is 0.379. The summed E-state index contributed by atoms with van der Waals surface area (Å²) >= 11 is 5.91. The van der Waals surface area contributed by atoms with Crippen LogP contribution < -0.4 is 4.74 Å². The molecule has 0 unspecified atom stereocenters. The van der Waals surface area contributed by atoms with Crippen molar-refractivity contribution in [1.29, 1.82) is 0 Å². The van der Waals surface area contributed by atoms with Gasteiger partial charge in [0.15, 0.2) is 5.78 Å². The van der Waals surface area contributed by atoms with Crippen LogP contribution in [0.1, 0.15) is 28.8 Å². The SMILES string of the molecule is Cc1ccc(Cl)cc1OCCCC(=O)c1ccc(F)cc1. The third kappa shape index (κ3) is 4.57. The number of aryl methyl sites for hydroxylation is 1. The zero-order chi connectivity index (χ0) is 15.2. The standard InChI is InChI=1S/C17H16ClFO2/c1-12-4-7-14(18)11-17(12)21-10-2-3-16(20)13-5-8-15(19)9-6-13/h4-9,11H,2-3,10H2,1H3. The van der Waals surface area contributed by atoms with Gasteiger partial charge in [0.2, 0.25) is 0 Å². The van der Waals surface area contributed by atoms with Crippen LogP contribution in [0.2, 0.25) is 5.02 Å². The normalized spacial score (nSPS) is 10.4. The average molecular weight is 307 g/mol. The van der Waals surface area contributed by atoms with Gasteiger partial charge in [-0.15, -0.1) is 0 Å². The number of rotatable bonds is 6. The van der Waals surface area contributed by atoms with Gasteiger partial charge in [0.1, 0.15) is 11.6 Å². The topological polar surface area (TPSA) is 26.3 Å². The number of ketones is 1. The van der Waals surface area contributed by atoms with Gasteiger partial charge in [-0.05, 0) is 55.3 Å². The van der Waals surface area contributed by atoms with E-state index in [0.717, 1.165) is 11.3 Å². The summed E-state index contributed by atoms with van der Waals surface area (Å²) in [6, 6.07) is 11.0. The van der Waals surface area contributed by atoms with Crippen LogP contribution in [-0.2, 0) is 0 Å². The molecule has 0 radical (unpaired) electrons. The van der Waals surface area contributed by atoms with E-state index in [4.69, 9.17) is 16.3 Å². The van der Waals surface area contributed by atoms with Crippen molar-refractivity contribution in [2.45, 2.75) is 19.8 Å². The van der Waals surface area contributed by atoms with Crippen LogP contribution in [0.25, 0.3) is 0 Å².